The van der Waals surface area contributed by atoms with Crippen molar-refractivity contribution < 1.29 is 13.6 Å². The maximum absolute atomic E-state index is 13.7. The molecule has 1 aliphatic carbocycles. The second-order valence-electron chi connectivity index (χ2n) is 6.73. The lowest BCUT2D eigenvalue weighted by Crippen LogP contribution is -2.41. The Bertz CT molecular complexity index is 757. The van der Waals surface area contributed by atoms with Gasteiger partial charge in [-0.05, 0) is 50.3 Å². The fraction of sp³-hybridized carbons (Fsp3) is 0.350. The molecule has 1 amide bonds. The molecule has 2 aromatic carbocycles. The number of carbonyl (C=O) groups excluding carboxylic acids is 1. The van der Waals surface area contributed by atoms with Crippen molar-refractivity contribution in [1.29, 1.82) is 0 Å². The maximum atomic E-state index is 13.7. The number of hydrogen-bond donors (Lipinski definition) is 2. The van der Waals surface area contributed by atoms with E-state index in [2.05, 4.69) is 34.9 Å². The van der Waals surface area contributed by atoms with Crippen LogP contribution in [0.2, 0.25) is 0 Å². The Morgan fingerprint density at radius 1 is 1.12 bits per heavy atom. The average Bonchev–Trinajstić information content (AvgIpc) is 3.41. The van der Waals surface area contributed by atoms with Crippen LogP contribution in [0.4, 0.5) is 14.5 Å². The molecular formula is C20H22F2N2O. The number of halogens is 2. The van der Waals surface area contributed by atoms with Crippen LogP contribution in [0.1, 0.15) is 36.9 Å². The highest BCUT2D eigenvalue weighted by atomic mass is 19.1. The van der Waals surface area contributed by atoms with Crippen molar-refractivity contribution in [2.45, 2.75) is 38.8 Å². The average molecular weight is 344 g/mol. The Kier molecular flexibility index (Phi) is 5.13. The van der Waals surface area contributed by atoms with Crippen molar-refractivity contribution >= 4 is 11.6 Å². The number of carbonyl (C=O) groups is 1. The van der Waals surface area contributed by atoms with E-state index in [0.29, 0.717) is 5.92 Å². The van der Waals surface area contributed by atoms with Crippen LogP contribution in [0.25, 0.3) is 0 Å². The zero-order chi connectivity index (χ0) is 18.0. The standard InChI is InChI=1S/C20H22F2N2O/c1-12-3-5-14(6-4-12)19(15-7-8-15)23-13(2)20(25)24-18-11-16(21)9-10-17(18)22/h3-6,9-11,13,15,19,23H,7-8H2,1-2H3,(H,24,25)/t13-,19+/m0/s1. The molecule has 3 nitrogen and oxygen atoms in total. The molecule has 25 heavy (non-hydrogen) atoms. The van der Waals surface area contributed by atoms with E-state index in [0.717, 1.165) is 36.6 Å². The molecule has 1 fully saturated rings. The molecule has 0 spiro atoms. The summed E-state index contributed by atoms with van der Waals surface area (Å²) in [6, 6.07) is 10.8. The molecule has 2 N–H and O–H groups in total. The Morgan fingerprint density at radius 3 is 2.44 bits per heavy atom. The second kappa shape index (κ2) is 7.31. The van der Waals surface area contributed by atoms with Crippen LogP contribution < -0.4 is 10.6 Å². The van der Waals surface area contributed by atoms with Crippen LogP contribution in [-0.2, 0) is 4.79 Å². The Labute approximate surface area is 146 Å². The minimum atomic E-state index is -0.653. The molecule has 2 aromatic rings. The topological polar surface area (TPSA) is 41.1 Å². The summed E-state index contributed by atoms with van der Waals surface area (Å²) in [5.74, 6) is -1.13. The zero-order valence-corrected chi connectivity index (χ0v) is 14.4. The fourth-order valence-electron chi connectivity index (χ4n) is 2.89. The van der Waals surface area contributed by atoms with Gasteiger partial charge in [-0.2, -0.15) is 0 Å². The van der Waals surface area contributed by atoms with Gasteiger partial charge in [-0.15, -0.1) is 0 Å². The van der Waals surface area contributed by atoms with Crippen LogP contribution in [0.5, 0.6) is 0 Å². The summed E-state index contributed by atoms with van der Waals surface area (Å²) in [7, 11) is 0. The van der Waals surface area contributed by atoms with Crippen LogP contribution in [0.3, 0.4) is 0 Å². The normalized spacial score (nSPS) is 16.3. The van der Waals surface area contributed by atoms with Crippen LogP contribution >= 0.6 is 0 Å². The first-order chi connectivity index (χ1) is 11.9. The van der Waals surface area contributed by atoms with Crippen LogP contribution in [-0.4, -0.2) is 11.9 Å². The van der Waals surface area contributed by atoms with E-state index in [1.807, 2.05) is 6.92 Å². The lowest BCUT2D eigenvalue weighted by molar-refractivity contribution is -0.118. The Hall–Kier alpha value is -2.27. The molecule has 0 saturated heterocycles. The monoisotopic (exact) mass is 344 g/mol. The molecule has 0 aromatic heterocycles. The van der Waals surface area contributed by atoms with E-state index in [1.165, 1.54) is 5.56 Å². The summed E-state index contributed by atoms with van der Waals surface area (Å²) in [6.07, 6.45) is 2.25. The SMILES string of the molecule is Cc1ccc([C@@H](N[C@@H](C)C(=O)Nc2cc(F)ccc2F)C2CC2)cc1. The van der Waals surface area contributed by atoms with E-state index in [-0.39, 0.29) is 17.6 Å². The number of nitrogens with one attached hydrogen (secondary N) is 2. The predicted octanol–water partition coefficient (Wildman–Crippen LogP) is 4.34. The highest BCUT2D eigenvalue weighted by Crippen LogP contribution is 2.41. The molecule has 1 aliphatic rings. The lowest BCUT2D eigenvalue weighted by atomic mass is 10.00. The number of aryl methyl sites for hydroxylation is 1. The third kappa shape index (κ3) is 4.42. The van der Waals surface area contributed by atoms with Crippen LogP contribution in [0.15, 0.2) is 42.5 Å². The van der Waals surface area contributed by atoms with Crippen molar-refractivity contribution in [1.82, 2.24) is 5.32 Å². The van der Waals surface area contributed by atoms with Crippen molar-refractivity contribution in [3.63, 3.8) is 0 Å². The van der Waals surface area contributed by atoms with E-state index in [4.69, 9.17) is 0 Å². The minimum Gasteiger partial charge on any atom is -0.322 e. The third-order valence-corrected chi connectivity index (χ3v) is 4.54. The van der Waals surface area contributed by atoms with Crippen molar-refractivity contribution in [3.8, 4) is 0 Å². The third-order valence-electron chi connectivity index (χ3n) is 4.54. The smallest absolute Gasteiger partial charge is 0.241 e. The van der Waals surface area contributed by atoms with Gasteiger partial charge in [0.2, 0.25) is 5.91 Å². The zero-order valence-electron chi connectivity index (χ0n) is 14.4. The molecule has 0 bridgehead atoms. The van der Waals surface area contributed by atoms with Gasteiger partial charge >= 0.3 is 0 Å². The van der Waals surface area contributed by atoms with E-state index in [9.17, 15) is 13.6 Å². The first kappa shape index (κ1) is 17.5. The van der Waals surface area contributed by atoms with Gasteiger partial charge in [-0.25, -0.2) is 8.78 Å². The van der Waals surface area contributed by atoms with Crippen molar-refractivity contribution in [2.24, 2.45) is 5.92 Å². The largest absolute Gasteiger partial charge is 0.322 e. The molecule has 0 radical (unpaired) electrons. The van der Waals surface area contributed by atoms with Gasteiger partial charge < -0.3 is 5.32 Å². The van der Waals surface area contributed by atoms with Gasteiger partial charge in [0.15, 0.2) is 0 Å². The molecule has 1 saturated carbocycles. The van der Waals surface area contributed by atoms with Gasteiger partial charge in [-0.3, -0.25) is 10.1 Å². The molecular weight excluding hydrogens is 322 g/mol. The van der Waals surface area contributed by atoms with Gasteiger partial charge in [0.1, 0.15) is 11.6 Å². The Morgan fingerprint density at radius 2 is 1.80 bits per heavy atom. The summed E-state index contributed by atoms with van der Waals surface area (Å²) in [6.45, 7) is 3.77. The summed E-state index contributed by atoms with van der Waals surface area (Å²) >= 11 is 0. The molecule has 0 unspecified atom stereocenters. The highest BCUT2D eigenvalue weighted by molar-refractivity contribution is 5.94. The molecule has 0 heterocycles. The first-order valence-electron chi connectivity index (χ1n) is 8.52. The summed E-state index contributed by atoms with van der Waals surface area (Å²) in [5.41, 5.74) is 2.19. The number of amides is 1. The fourth-order valence-corrected chi connectivity index (χ4v) is 2.89. The predicted molar refractivity (Wildman–Crippen MR) is 94.2 cm³/mol. The number of benzene rings is 2. The van der Waals surface area contributed by atoms with Crippen molar-refractivity contribution in [3.05, 3.63) is 65.2 Å². The molecule has 2 atom stereocenters. The quantitative estimate of drug-likeness (QED) is 0.818. The van der Waals surface area contributed by atoms with Gasteiger partial charge in [-0.1, -0.05) is 29.8 Å². The summed E-state index contributed by atoms with van der Waals surface area (Å²) in [5, 5.41) is 5.80. The lowest BCUT2D eigenvalue weighted by Gasteiger charge is -2.23. The minimum absolute atomic E-state index is 0.0821. The van der Waals surface area contributed by atoms with E-state index < -0.39 is 17.7 Å². The van der Waals surface area contributed by atoms with E-state index in [1.54, 1.807) is 6.92 Å². The number of hydrogen-bond acceptors (Lipinski definition) is 2. The number of anilines is 1. The van der Waals surface area contributed by atoms with Gasteiger partial charge in [0.25, 0.3) is 0 Å². The number of rotatable bonds is 6. The Balaban J connectivity index is 1.68. The summed E-state index contributed by atoms with van der Waals surface area (Å²) in [4.78, 5) is 12.4. The summed E-state index contributed by atoms with van der Waals surface area (Å²) < 4.78 is 26.9. The highest BCUT2D eigenvalue weighted by Gasteiger charge is 2.34. The molecule has 5 heteroatoms. The molecule has 3 rings (SSSR count). The van der Waals surface area contributed by atoms with E-state index >= 15 is 0 Å². The maximum Gasteiger partial charge on any atom is 0.241 e. The van der Waals surface area contributed by atoms with Gasteiger partial charge in [0, 0.05) is 12.1 Å². The van der Waals surface area contributed by atoms with Crippen molar-refractivity contribution in [2.75, 3.05) is 5.32 Å². The molecule has 132 valence electrons. The molecule has 0 aliphatic heterocycles. The van der Waals surface area contributed by atoms with Gasteiger partial charge in [0.05, 0.1) is 11.7 Å². The first-order valence-corrected chi connectivity index (χ1v) is 8.52. The van der Waals surface area contributed by atoms with Crippen LogP contribution in [0, 0.1) is 24.5 Å². The second-order valence-corrected chi connectivity index (χ2v) is 6.73.